The quantitative estimate of drug-likeness (QED) is 0.167. The summed E-state index contributed by atoms with van der Waals surface area (Å²) in [6.07, 6.45) is -23.9. The Bertz CT molecular complexity index is 624. The zero-order chi connectivity index (χ0) is 24.6. The molecule has 194 valence electrons. The molecule has 33 heavy (non-hydrogen) atoms. The van der Waals surface area contributed by atoms with Crippen molar-refractivity contribution in [2.45, 2.75) is 99.0 Å². The summed E-state index contributed by atoms with van der Waals surface area (Å²) in [4.78, 5) is 0. The Morgan fingerprint density at radius 2 is 1.06 bits per heavy atom. The largest absolute Gasteiger partial charge is 0.394 e. The molecule has 15 nitrogen and oxygen atoms in total. The van der Waals surface area contributed by atoms with E-state index in [-0.39, 0.29) is 0 Å². The van der Waals surface area contributed by atoms with E-state index in [2.05, 4.69) is 0 Å². The smallest absolute Gasteiger partial charge is 0.187 e. The van der Waals surface area contributed by atoms with Gasteiger partial charge in [-0.3, -0.25) is 0 Å². The molecule has 0 radical (unpaired) electrons. The van der Waals surface area contributed by atoms with Crippen molar-refractivity contribution in [3.05, 3.63) is 0 Å². The van der Waals surface area contributed by atoms with Gasteiger partial charge in [0.2, 0.25) is 0 Å². The van der Waals surface area contributed by atoms with Crippen molar-refractivity contribution in [2.75, 3.05) is 13.2 Å². The maximum atomic E-state index is 10.8. The Morgan fingerprint density at radius 3 is 1.64 bits per heavy atom. The Hall–Kier alpha value is -0.600. The first-order valence-electron chi connectivity index (χ1n) is 10.4. The first-order valence-corrected chi connectivity index (χ1v) is 10.4. The summed E-state index contributed by atoms with van der Waals surface area (Å²) in [7, 11) is 0. The third-order valence-corrected chi connectivity index (χ3v) is 6.05. The highest BCUT2D eigenvalue weighted by atomic mass is 16.8. The molecule has 15 atom stereocenters. The first-order chi connectivity index (χ1) is 15.5. The van der Waals surface area contributed by atoms with Crippen LogP contribution in [0.2, 0.25) is 0 Å². The van der Waals surface area contributed by atoms with Crippen molar-refractivity contribution in [1.29, 1.82) is 0 Å². The van der Waals surface area contributed by atoms with Crippen LogP contribution in [0, 0.1) is 0 Å². The summed E-state index contributed by atoms with van der Waals surface area (Å²) < 4.78 is 26.6. The third kappa shape index (κ3) is 5.32. The number of rotatable bonds is 6. The molecule has 0 saturated carbocycles. The third-order valence-electron chi connectivity index (χ3n) is 6.05. The maximum Gasteiger partial charge on any atom is 0.187 e. The molecule has 0 aromatic heterocycles. The molecule has 3 rings (SSSR count). The molecule has 3 heterocycles. The number of ether oxygens (including phenoxy) is 5. The van der Waals surface area contributed by atoms with Crippen LogP contribution in [0.15, 0.2) is 0 Å². The highest BCUT2D eigenvalue weighted by Gasteiger charge is 2.53. The zero-order valence-corrected chi connectivity index (χ0v) is 17.6. The van der Waals surface area contributed by atoms with Gasteiger partial charge in [0.25, 0.3) is 0 Å². The van der Waals surface area contributed by atoms with E-state index in [0.29, 0.717) is 0 Å². The van der Waals surface area contributed by atoms with Crippen molar-refractivity contribution in [2.24, 2.45) is 0 Å². The fourth-order valence-electron chi connectivity index (χ4n) is 3.99. The lowest BCUT2D eigenvalue weighted by molar-refractivity contribution is -0.381. The van der Waals surface area contributed by atoms with Gasteiger partial charge in [-0.2, -0.15) is 0 Å². The lowest BCUT2D eigenvalue weighted by Gasteiger charge is -2.47. The van der Waals surface area contributed by atoms with Crippen LogP contribution in [0.1, 0.15) is 6.92 Å². The average molecular weight is 488 g/mol. The lowest BCUT2D eigenvalue weighted by atomic mass is 9.96. The van der Waals surface area contributed by atoms with Crippen LogP contribution < -0.4 is 0 Å². The highest BCUT2D eigenvalue weighted by molar-refractivity contribution is 4.95. The van der Waals surface area contributed by atoms with Gasteiger partial charge in [-0.05, 0) is 6.92 Å². The van der Waals surface area contributed by atoms with Gasteiger partial charge in [-0.1, -0.05) is 0 Å². The molecule has 0 aromatic rings. The van der Waals surface area contributed by atoms with Crippen LogP contribution in [-0.4, -0.2) is 156 Å². The Labute approximate surface area is 187 Å². The monoisotopic (exact) mass is 488 g/mol. The van der Waals surface area contributed by atoms with Crippen molar-refractivity contribution in [3.8, 4) is 0 Å². The summed E-state index contributed by atoms with van der Waals surface area (Å²) in [5.41, 5.74) is 0. The Morgan fingerprint density at radius 1 is 0.545 bits per heavy atom. The number of aliphatic hydroxyl groups excluding tert-OH is 10. The van der Waals surface area contributed by atoms with Crippen LogP contribution in [0.25, 0.3) is 0 Å². The predicted molar refractivity (Wildman–Crippen MR) is 99.8 cm³/mol. The second-order valence-electron chi connectivity index (χ2n) is 8.32. The summed E-state index contributed by atoms with van der Waals surface area (Å²) in [5, 5.41) is 99.8. The molecule has 3 fully saturated rings. The topological polar surface area (TPSA) is 248 Å². The summed E-state index contributed by atoms with van der Waals surface area (Å²) in [6.45, 7) is -0.0873. The molecule has 0 aromatic carbocycles. The molecule has 0 amide bonds. The lowest BCUT2D eigenvalue weighted by Crippen LogP contribution is -2.66. The van der Waals surface area contributed by atoms with E-state index in [1.165, 1.54) is 6.92 Å². The molecule has 3 saturated heterocycles. The molecule has 15 heteroatoms. The molecule has 3 aliphatic rings. The fourth-order valence-corrected chi connectivity index (χ4v) is 3.99. The summed E-state index contributed by atoms with van der Waals surface area (Å²) in [6, 6.07) is 0. The van der Waals surface area contributed by atoms with Crippen LogP contribution in [0.5, 0.6) is 0 Å². The number of hydrogen-bond donors (Lipinski definition) is 10. The standard InChI is InChI=1S/C18H32O15/c1-4-7(21)9(23)11(25)17(29-4)32-14-6(3-20)30-16(28)15(13(14)27)33-18-12(26)10(24)8(22)5(2-19)31-18/h4-28H,2-3H2,1H3/t4-,5+,6+,7-,8+,9+,10-,11+,12+,13-,14+,15+,16+,17-,18-/m0/s1. The van der Waals surface area contributed by atoms with Gasteiger partial charge in [0.1, 0.15) is 67.1 Å². The highest BCUT2D eigenvalue weighted by Crippen LogP contribution is 2.32. The van der Waals surface area contributed by atoms with Gasteiger partial charge >= 0.3 is 0 Å². The molecule has 0 unspecified atom stereocenters. The minimum Gasteiger partial charge on any atom is -0.394 e. The molecule has 0 bridgehead atoms. The predicted octanol–water partition coefficient (Wildman–Crippen LogP) is -6.55. The molecular formula is C18H32O15. The van der Waals surface area contributed by atoms with Crippen LogP contribution >= 0.6 is 0 Å². The molecule has 0 spiro atoms. The van der Waals surface area contributed by atoms with Gasteiger partial charge in [0.15, 0.2) is 18.9 Å². The van der Waals surface area contributed by atoms with E-state index in [1.807, 2.05) is 0 Å². The average Bonchev–Trinajstić information content (AvgIpc) is 2.79. The fraction of sp³-hybridized carbons (Fsp3) is 1.00. The van der Waals surface area contributed by atoms with E-state index < -0.39 is 105 Å². The Kier molecular flexibility index (Phi) is 8.99. The Balaban J connectivity index is 1.75. The van der Waals surface area contributed by atoms with Crippen LogP contribution in [0.3, 0.4) is 0 Å². The van der Waals surface area contributed by atoms with Gasteiger partial charge in [-0.25, -0.2) is 0 Å². The first kappa shape index (κ1) is 27.0. The molecule has 10 N–H and O–H groups in total. The van der Waals surface area contributed by atoms with Gasteiger partial charge in [0, 0.05) is 0 Å². The van der Waals surface area contributed by atoms with Gasteiger partial charge in [-0.15, -0.1) is 0 Å². The maximum absolute atomic E-state index is 10.8. The van der Waals surface area contributed by atoms with E-state index >= 15 is 0 Å². The minimum absolute atomic E-state index is 0.737. The number of hydrogen-bond acceptors (Lipinski definition) is 15. The molecule has 3 aliphatic heterocycles. The van der Waals surface area contributed by atoms with Crippen molar-refractivity contribution >= 4 is 0 Å². The van der Waals surface area contributed by atoms with Gasteiger partial charge < -0.3 is 74.7 Å². The van der Waals surface area contributed by atoms with Crippen LogP contribution in [-0.2, 0) is 23.7 Å². The molecular weight excluding hydrogens is 456 g/mol. The second-order valence-corrected chi connectivity index (χ2v) is 8.32. The van der Waals surface area contributed by atoms with Crippen molar-refractivity contribution in [3.63, 3.8) is 0 Å². The van der Waals surface area contributed by atoms with E-state index in [9.17, 15) is 51.1 Å². The normalized spacial score (nSPS) is 53.7. The van der Waals surface area contributed by atoms with Gasteiger partial charge in [0.05, 0.1) is 19.3 Å². The van der Waals surface area contributed by atoms with E-state index in [1.54, 1.807) is 0 Å². The second kappa shape index (κ2) is 11.0. The minimum atomic E-state index is -1.88. The van der Waals surface area contributed by atoms with E-state index in [4.69, 9.17) is 23.7 Å². The van der Waals surface area contributed by atoms with E-state index in [0.717, 1.165) is 0 Å². The van der Waals surface area contributed by atoms with Crippen LogP contribution in [0.4, 0.5) is 0 Å². The van der Waals surface area contributed by atoms with Crippen molar-refractivity contribution < 1.29 is 74.7 Å². The molecule has 0 aliphatic carbocycles. The summed E-state index contributed by atoms with van der Waals surface area (Å²) in [5.74, 6) is 0. The number of aliphatic hydroxyl groups is 10. The SMILES string of the molecule is C[C@@H]1O[C@@H](O[C@H]2[C@H](O)[C@@H](O[C@@H]3O[C@H](CO)[C@@H](O)[C@H](O)[C@H]3O)[C@H](O)O[C@@H]2CO)[C@H](O)[C@H](O)[C@H]1O. The summed E-state index contributed by atoms with van der Waals surface area (Å²) >= 11 is 0. The zero-order valence-electron chi connectivity index (χ0n) is 17.6. The van der Waals surface area contributed by atoms with Crippen molar-refractivity contribution in [1.82, 2.24) is 0 Å².